The molecule has 1 aliphatic heterocycles. The number of anilines is 1. The molecule has 2 aromatic rings. The molecule has 0 spiro atoms. The minimum atomic E-state index is 0.450. The molecule has 1 unspecified atom stereocenters. The Bertz CT molecular complexity index is 722. The predicted molar refractivity (Wildman–Crippen MR) is 98.4 cm³/mol. The van der Waals surface area contributed by atoms with Gasteiger partial charge in [0.15, 0.2) is 0 Å². The summed E-state index contributed by atoms with van der Waals surface area (Å²) in [5, 5.41) is 0. The quantitative estimate of drug-likeness (QED) is 0.804. The second-order valence-electron chi connectivity index (χ2n) is 6.48. The number of aryl methyl sites for hydroxylation is 1. The minimum Gasteiger partial charge on any atom is -0.497 e. The molecule has 0 aliphatic carbocycles. The van der Waals surface area contributed by atoms with Gasteiger partial charge in [0, 0.05) is 50.0 Å². The van der Waals surface area contributed by atoms with Crippen LogP contribution in [0.5, 0.6) is 11.5 Å². The van der Waals surface area contributed by atoms with Gasteiger partial charge in [-0.3, -0.25) is 4.90 Å². The molecule has 1 atom stereocenters. The van der Waals surface area contributed by atoms with E-state index in [2.05, 4.69) is 32.9 Å². The zero-order valence-electron chi connectivity index (χ0n) is 15.4. The highest BCUT2D eigenvalue weighted by atomic mass is 16.5. The monoisotopic (exact) mass is 342 g/mol. The number of hydrogen-bond acceptors (Lipinski definition) is 6. The molecule has 1 saturated heterocycles. The van der Waals surface area contributed by atoms with E-state index in [9.17, 15) is 0 Å². The number of likely N-dealkylation sites (tertiary alicyclic amines) is 1. The van der Waals surface area contributed by atoms with Gasteiger partial charge in [-0.25, -0.2) is 9.97 Å². The molecule has 0 amide bonds. The summed E-state index contributed by atoms with van der Waals surface area (Å²) in [5.41, 5.74) is 2.15. The highest BCUT2D eigenvalue weighted by Gasteiger charge is 2.27. The van der Waals surface area contributed by atoms with Gasteiger partial charge >= 0.3 is 0 Å². The number of aromatic nitrogens is 2. The molecule has 1 aromatic carbocycles. The second kappa shape index (κ2) is 7.70. The molecular formula is C19H26N4O2. The molecular weight excluding hydrogens is 316 g/mol. The van der Waals surface area contributed by atoms with Crippen LogP contribution in [0.1, 0.15) is 17.7 Å². The first-order valence-electron chi connectivity index (χ1n) is 8.55. The van der Waals surface area contributed by atoms with E-state index in [1.807, 2.05) is 25.1 Å². The first kappa shape index (κ1) is 17.5. The second-order valence-corrected chi connectivity index (χ2v) is 6.48. The minimum absolute atomic E-state index is 0.450. The van der Waals surface area contributed by atoms with Crippen LogP contribution >= 0.6 is 0 Å². The molecule has 1 aromatic heterocycles. The van der Waals surface area contributed by atoms with Crippen molar-refractivity contribution >= 4 is 5.82 Å². The molecule has 6 nitrogen and oxygen atoms in total. The molecule has 1 aliphatic rings. The van der Waals surface area contributed by atoms with Gasteiger partial charge in [-0.05, 0) is 31.5 Å². The summed E-state index contributed by atoms with van der Waals surface area (Å²) < 4.78 is 10.9. The molecule has 134 valence electrons. The molecule has 25 heavy (non-hydrogen) atoms. The van der Waals surface area contributed by atoms with Crippen LogP contribution in [-0.4, -0.2) is 55.3 Å². The lowest BCUT2D eigenvalue weighted by Crippen LogP contribution is -2.35. The lowest BCUT2D eigenvalue weighted by molar-refractivity contribution is 0.314. The lowest BCUT2D eigenvalue weighted by Gasteiger charge is -2.26. The number of ether oxygens (including phenoxy) is 2. The van der Waals surface area contributed by atoms with E-state index in [0.29, 0.717) is 6.04 Å². The fourth-order valence-electron chi connectivity index (χ4n) is 3.34. The van der Waals surface area contributed by atoms with Crippen molar-refractivity contribution in [3.63, 3.8) is 0 Å². The van der Waals surface area contributed by atoms with E-state index in [1.165, 1.54) is 0 Å². The van der Waals surface area contributed by atoms with Crippen LogP contribution in [0.25, 0.3) is 0 Å². The van der Waals surface area contributed by atoms with Crippen molar-refractivity contribution in [3.05, 3.63) is 41.9 Å². The van der Waals surface area contributed by atoms with E-state index >= 15 is 0 Å². The summed E-state index contributed by atoms with van der Waals surface area (Å²) >= 11 is 0. The Hall–Kier alpha value is -2.34. The number of hydrogen-bond donors (Lipinski definition) is 0. The van der Waals surface area contributed by atoms with Crippen molar-refractivity contribution in [1.29, 1.82) is 0 Å². The van der Waals surface area contributed by atoms with Crippen molar-refractivity contribution in [3.8, 4) is 11.5 Å². The van der Waals surface area contributed by atoms with Crippen LogP contribution in [0.3, 0.4) is 0 Å². The maximum Gasteiger partial charge on any atom is 0.132 e. The van der Waals surface area contributed by atoms with Crippen molar-refractivity contribution in [2.75, 3.05) is 39.3 Å². The molecule has 0 radical (unpaired) electrons. The van der Waals surface area contributed by atoms with Crippen LogP contribution in [0.2, 0.25) is 0 Å². The largest absolute Gasteiger partial charge is 0.497 e. The Morgan fingerprint density at radius 2 is 2.04 bits per heavy atom. The predicted octanol–water partition coefficient (Wildman–Crippen LogP) is 2.51. The maximum absolute atomic E-state index is 5.50. The SMILES string of the molecule is COc1ccc(OC)c(CN2CCC(N(C)c3cc(C)ncn3)C2)c1. The topological polar surface area (TPSA) is 50.7 Å². The standard InChI is InChI=1S/C19H26N4O2/c1-14-9-19(21-13-20-14)22(2)16-7-8-23(12-16)11-15-10-17(24-3)5-6-18(15)25-4/h5-6,9-10,13,16H,7-8,11-12H2,1-4H3. The van der Waals surface area contributed by atoms with Crippen molar-refractivity contribution < 1.29 is 9.47 Å². The fourth-order valence-corrected chi connectivity index (χ4v) is 3.34. The van der Waals surface area contributed by atoms with Crippen LogP contribution in [0, 0.1) is 6.92 Å². The van der Waals surface area contributed by atoms with Crippen LogP contribution in [0.15, 0.2) is 30.6 Å². The van der Waals surface area contributed by atoms with Crippen molar-refractivity contribution in [2.24, 2.45) is 0 Å². The van der Waals surface area contributed by atoms with Crippen LogP contribution in [0.4, 0.5) is 5.82 Å². The number of nitrogens with zero attached hydrogens (tertiary/aromatic N) is 4. The van der Waals surface area contributed by atoms with Gasteiger partial charge in [0.1, 0.15) is 23.6 Å². The molecule has 0 saturated carbocycles. The highest BCUT2D eigenvalue weighted by Crippen LogP contribution is 2.27. The Labute approximate surface area is 149 Å². The first-order chi connectivity index (χ1) is 12.1. The smallest absolute Gasteiger partial charge is 0.132 e. The highest BCUT2D eigenvalue weighted by molar-refractivity contribution is 5.41. The van der Waals surface area contributed by atoms with E-state index in [4.69, 9.17) is 9.47 Å². The Kier molecular flexibility index (Phi) is 5.38. The summed E-state index contributed by atoms with van der Waals surface area (Å²) in [4.78, 5) is 13.3. The molecule has 2 heterocycles. The molecule has 3 rings (SSSR count). The van der Waals surface area contributed by atoms with Gasteiger partial charge in [-0.2, -0.15) is 0 Å². The average Bonchev–Trinajstić information content (AvgIpc) is 3.09. The van der Waals surface area contributed by atoms with E-state index in [-0.39, 0.29) is 0 Å². The number of benzene rings is 1. The summed E-state index contributed by atoms with van der Waals surface area (Å²) in [6, 6.07) is 8.45. The summed E-state index contributed by atoms with van der Waals surface area (Å²) in [6.07, 6.45) is 2.75. The molecule has 1 fully saturated rings. The van der Waals surface area contributed by atoms with Gasteiger partial charge in [-0.15, -0.1) is 0 Å². The maximum atomic E-state index is 5.50. The zero-order valence-corrected chi connectivity index (χ0v) is 15.4. The van der Waals surface area contributed by atoms with Gasteiger partial charge < -0.3 is 14.4 Å². The lowest BCUT2D eigenvalue weighted by atomic mass is 10.1. The van der Waals surface area contributed by atoms with E-state index in [1.54, 1.807) is 20.5 Å². The third kappa shape index (κ3) is 4.02. The summed E-state index contributed by atoms with van der Waals surface area (Å²) in [5.74, 6) is 2.75. The van der Waals surface area contributed by atoms with E-state index < -0.39 is 0 Å². The fraction of sp³-hybridized carbons (Fsp3) is 0.474. The number of rotatable bonds is 6. The molecule has 0 N–H and O–H groups in total. The number of methoxy groups -OCH3 is 2. The van der Waals surface area contributed by atoms with Crippen molar-refractivity contribution in [2.45, 2.75) is 25.9 Å². The summed E-state index contributed by atoms with van der Waals surface area (Å²) in [6.45, 7) is 4.90. The Balaban J connectivity index is 1.67. The van der Waals surface area contributed by atoms with Crippen molar-refractivity contribution in [1.82, 2.24) is 14.9 Å². The Morgan fingerprint density at radius 3 is 2.76 bits per heavy atom. The number of likely N-dealkylation sites (N-methyl/N-ethyl adjacent to an activating group) is 1. The van der Waals surface area contributed by atoms with Crippen LogP contribution in [-0.2, 0) is 6.54 Å². The molecule has 6 heteroatoms. The first-order valence-corrected chi connectivity index (χ1v) is 8.55. The van der Waals surface area contributed by atoms with Gasteiger partial charge in [0.25, 0.3) is 0 Å². The zero-order chi connectivity index (χ0) is 17.8. The molecule has 0 bridgehead atoms. The van der Waals surface area contributed by atoms with Gasteiger partial charge in [0.05, 0.1) is 14.2 Å². The average molecular weight is 342 g/mol. The third-order valence-corrected chi connectivity index (χ3v) is 4.83. The third-order valence-electron chi connectivity index (χ3n) is 4.83. The van der Waals surface area contributed by atoms with Gasteiger partial charge in [0.2, 0.25) is 0 Å². The van der Waals surface area contributed by atoms with E-state index in [0.717, 1.165) is 54.6 Å². The summed E-state index contributed by atoms with van der Waals surface area (Å²) in [7, 11) is 5.52. The van der Waals surface area contributed by atoms with Gasteiger partial charge in [-0.1, -0.05) is 0 Å². The normalized spacial score (nSPS) is 17.5. The van der Waals surface area contributed by atoms with Crippen LogP contribution < -0.4 is 14.4 Å². The Morgan fingerprint density at radius 1 is 1.20 bits per heavy atom.